The zero-order chi connectivity index (χ0) is 21.8. The molecular weight excluding hydrogens is 432 g/mol. The highest BCUT2D eigenvalue weighted by Gasteiger charge is 2.41. The summed E-state index contributed by atoms with van der Waals surface area (Å²) >= 11 is 3.01. The fourth-order valence-electron chi connectivity index (χ4n) is 4.16. The number of piperidine rings is 1. The molecule has 31 heavy (non-hydrogen) atoms. The first-order valence-electron chi connectivity index (χ1n) is 10.8. The average Bonchev–Trinajstić information content (AvgIpc) is 3.47. The van der Waals surface area contributed by atoms with E-state index in [2.05, 4.69) is 23.8 Å². The molecule has 9 heteroatoms. The third kappa shape index (κ3) is 5.03. The maximum Gasteiger partial charge on any atom is 0.410 e. The van der Waals surface area contributed by atoms with Crippen molar-refractivity contribution in [3.05, 3.63) is 29.8 Å². The molecule has 2 aliphatic rings. The van der Waals surface area contributed by atoms with Crippen LogP contribution in [0.2, 0.25) is 0 Å². The van der Waals surface area contributed by atoms with Crippen LogP contribution in [0.15, 0.2) is 34.9 Å². The van der Waals surface area contributed by atoms with Gasteiger partial charge >= 0.3 is 6.09 Å². The molecule has 2 aromatic rings. The van der Waals surface area contributed by atoms with Crippen LogP contribution in [0.25, 0.3) is 10.6 Å². The monoisotopic (exact) mass is 460 g/mol. The second kappa shape index (κ2) is 9.99. The fourth-order valence-corrected chi connectivity index (χ4v) is 5.59. The predicted molar refractivity (Wildman–Crippen MR) is 122 cm³/mol. The summed E-state index contributed by atoms with van der Waals surface area (Å²) in [6.07, 6.45) is 4.14. The highest BCUT2D eigenvalue weighted by atomic mass is 32.2. The first kappa shape index (κ1) is 22.1. The molecule has 0 bridgehead atoms. The molecule has 4 heterocycles. The SMILES string of the molecule is CC[C@H](C)[C@H]1COC(=O)N1C1CCN(C(=O)CSc2nccc(-c3cccs3)n2)CC1. The molecule has 2 amide bonds. The topological polar surface area (TPSA) is 75.6 Å². The summed E-state index contributed by atoms with van der Waals surface area (Å²) in [7, 11) is 0. The smallest absolute Gasteiger partial charge is 0.410 e. The number of ether oxygens (including phenoxy) is 1. The summed E-state index contributed by atoms with van der Waals surface area (Å²) in [5.41, 5.74) is 0.883. The zero-order valence-corrected chi connectivity index (χ0v) is 19.5. The van der Waals surface area contributed by atoms with Crippen LogP contribution in [0.5, 0.6) is 0 Å². The number of likely N-dealkylation sites (tertiary alicyclic amines) is 1. The number of nitrogens with zero attached hydrogens (tertiary/aromatic N) is 4. The van der Waals surface area contributed by atoms with Crippen molar-refractivity contribution in [2.24, 2.45) is 5.92 Å². The van der Waals surface area contributed by atoms with E-state index in [1.165, 1.54) is 11.8 Å². The van der Waals surface area contributed by atoms with E-state index in [9.17, 15) is 9.59 Å². The Morgan fingerprint density at radius 1 is 1.35 bits per heavy atom. The highest BCUT2D eigenvalue weighted by Crippen LogP contribution is 2.29. The minimum Gasteiger partial charge on any atom is -0.447 e. The quantitative estimate of drug-likeness (QED) is 0.456. The molecule has 7 nitrogen and oxygen atoms in total. The van der Waals surface area contributed by atoms with Crippen LogP contribution in [0, 0.1) is 5.92 Å². The minimum atomic E-state index is -0.201. The van der Waals surface area contributed by atoms with Crippen molar-refractivity contribution in [3.63, 3.8) is 0 Å². The maximum absolute atomic E-state index is 12.7. The highest BCUT2D eigenvalue weighted by molar-refractivity contribution is 7.99. The van der Waals surface area contributed by atoms with Gasteiger partial charge in [0.25, 0.3) is 0 Å². The molecule has 0 unspecified atom stereocenters. The molecule has 4 rings (SSSR count). The van der Waals surface area contributed by atoms with Crippen molar-refractivity contribution in [1.29, 1.82) is 0 Å². The normalized spacial score (nSPS) is 20.7. The molecule has 2 atom stereocenters. The molecule has 2 aromatic heterocycles. The number of carbonyl (C=O) groups excluding carboxylic acids is 2. The molecule has 0 spiro atoms. The van der Waals surface area contributed by atoms with Gasteiger partial charge in [0.05, 0.1) is 22.4 Å². The number of amides is 2. The Balaban J connectivity index is 1.29. The number of rotatable bonds is 7. The minimum absolute atomic E-state index is 0.0936. The van der Waals surface area contributed by atoms with Crippen molar-refractivity contribution in [2.45, 2.75) is 50.4 Å². The first-order valence-corrected chi connectivity index (χ1v) is 12.7. The van der Waals surface area contributed by atoms with Gasteiger partial charge in [-0.1, -0.05) is 38.1 Å². The van der Waals surface area contributed by atoms with Crippen LogP contribution in [0.4, 0.5) is 4.79 Å². The van der Waals surface area contributed by atoms with Crippen LogP contribution in [-0.4, -0.2) is 69.3 Å². The van der Waals surface area contributed by atoms with E-state index < -0.39 is 0 Å². The van der Waals surface area contributed by atoms with E-state index in [1.807, 2.05) is 33.4 Å². The van der Waals surface area contributed by atoms with E-state index in [-0.39, 0.29) is 24.1 Å². The Bertz CT molecular complexity index is 900. The van der Waals surface area contributed by atoms with E-state index in [0.29, 0.717) is 36.5 Å². The van der Waals surface area contributed by atoms with Gasteiger partial charge in [0.2, 0.25) is 5.91 Å². The van der Waals surface area contributed by atoms with Crippen LogP contribution >= 0.6 is 23.1 Å². The Labute approximate surface area is 191 Å². The van der Waals surface area contributed by atoms with Gasteiger partial charge in [-0.2, -0.15) is 0 Å². The summed E-state index contributed by atoms with van der Waals surface area (Å²) in [5, 5.41) is 2.63. The number of hydrogen-bond acceptors (Lipinski definition) is 7. The van der Waals surface area contributed by atoms with Crippen LogP contribution < -0.4 is 0 Å². The molecule has 0 saturated carbocycles. The van der Waals surface area contributed by atoms with Crippen molar-refractivity contribution >= 4 is 35.1 Å². The van der Waals surface area contributed by atoms with Gasteiger partial charge in [0.1, 0.15) is 6.61 Å². The molecular formula is C22H28N4O3S2. The van der Waals surface area contributed by atoms with Crippen molar-refractivity contribution < 1.29 is 14.3 Å². The second-order valence-electron chi connectivity index (χ2n) is 8.04. The summed E-state index contributed by atoms with van der Waals surface area (Å²) < 4.78 is 5.34. The molecule has 166 valence electrons. The van der Waals surface area contributed by atoms with Gasteiger partial charge in [-0.25, -0.2) is 14.8 Å². The number of carbonyl (C=O) groups is 2. The molecule has 2 aliphatic heterocycles. The van der Waals surface area contributed by atoms with Crippen molar-refractivity contribution in [1.82, 2.24) is 19.8 Å². The van der Waals surface area contributed by atoms with E-state index in [0.717, 1.165) is 29.8 Å². The van der Waals surface area contributed by atoms with Gasteiger partial charge in [-0.15, -0.1) is 11.3 Å². The van der Waals surface area contributed by atoms with Crippen LogP contribution in [-0.2, 0) is 9.53 Å². The Kier molecular flexibility index (Phi) is 7.12. The molecule has 2 fully saturated rings. The van der Waals surface area contributed by atoms with E-state index in [4.69, 9.17) is 4.74 Å². The lowest BCUT2D eigenvalue weighted by atomic mass is 9.95. The summed E-state index contributed by atoms with van der Waals surface area (Å²) in [6, 6.07) is 6.20. The number of aromatic nitrogens is 2. The largest absolute Gasteiger partial charge is 0.447 e. The number of cyclic esters (lactones) is 1. The Morgan fingerprint density at radius 2 is 2.16 bits per heavy atom. The number of thioether (sulfide) groups is 1. The van der Waals surface area contributed by atoms with Gasteiger partial charge in [0, 0.05) is 25.3 Å². The van der Waals surface area contributed by atoms with Crippen LogP contribution in [0.3, 0.4) is 0 Å². The summed E-state index contributed by atoms with van der Waals surface area (Å²) in [4.78, 5) is 38.8. The molecule has 0 radical (unpaired) electrons. The number of hydrogen-bond donors (Lipinski definition) is 0. The summed E-state index contributed by atoms with van der Waals surface area (Å²) in [6.45, 7) is 6.12. The lowest BCUT2D eigenvalue weighted by Crippen LogP contribution is -2.51. The zero-order valence-electron chi connectivity index (χ0n) is 17.9. The van der Waals surface area contributed by atoms with Gasteiger partial charge in [0.15, 0.2) is 5.16 Å². The van der Waals surface area contributed by atoms with Gasteiger partial charge in [-0.05, 0) is 36.3 Å². The standard InChI is InChI=1S/C22H28N4O3S2/c1-3-15(2)18-13-29-22(28)26(18)16-7-10-25(11-8-16)20(27)14-31-21-23-9-6-17(24-21)19-5-4-12-30-19/h4-6,9,12,15-16,18H,3,7-8,10-11,13-14H2,1-2H3/t15-,18+/m0/s1. The maximum atomic E-state index is 12.7. The van der Waals surface area contributed by atoms with Crippen molar-refractivity contribution in [2.75, 3.05) is 25.4 Å². The first-order chi connectivity index (χ1) is 15.1. The molecule has 0 aromatic carbocycles. The third-order valence-corrected chi connectivity index (χ3v) is 7.93. The molecule has 2 saturated heterocycles. The second-order valence-corrected chi connectivity index (χ2v) is 9.93. The lowest BCUT2D eigenvalue weighted by Gasteiger charge is -2.39. The third-order valence-electron chi connectivity index (χ3n) is 6.19. The predicted octanol–water partition coefficient (Wildman–Crippen LogP) is 4.16. The van der Waals surface area contributed by atoms with Gasteiger partial charge in [-0.3, -0.25) is 9.69 Å². The number of thiophene rings is 1. The van der Waals surface area contributed by atoms with Gasteiger partial charge < -0.3 is 9.64 Å². The van der Waals surface area contributed by atoms with E-state index in [1.54, 1.807) is 17.5 Å². The fraction of sp³-hybridized carbons (Fsp3) is 0.545. The lowest BCUT2D eigenvalue weighted by molar-refractivity contribution is -0.129. The Morgan fingerprint density at radius 3 is 2.87 bits per heavy atom. The molecule has 0 N–H and O–H groups in total. The summed E-state index contributed by atoms with van der Waals surface area (Å²) in [5.74, 6) is 0.823. The van der Waals surface area contributed by atoms with Crippen LogP contribution in [0.1, 0.15) is 33.1 Å². The Hall–Kier alpha value is -2.13. The molecule has 0 aliphatic carbocycles. The average molecular weight is 461 g/mol. The van der Waals surface area contributed by atoms with E-state index >= 15 is 0 Å². The van der Waals surface area contributed by atoms with Crippen molar-refractivity contribution in [3.8, 4) is 10.6 Å².